The van der Waals surface area contributed by atoms with Crippen molar-refractivity contribution in [3.05, 3.63) is 84.1 Å². The van der Waals surface area contributed by atoms with E-state index in [0.717, 1.165) is 22.0 Å². The van der Waals surface area contributed by atoms with E-state index in [0.29, 0.717) is 12.0 Å². The molecule has 1 unspecified atom stereocenters. The molecule has 0 bridgehead atoms. The van der Waals surface area contributed by atoms with Gasteiger partial charge in [0.15, 0.2) is 0 Å². The van der Waals surface area contributed by atoms with Gasteiger partial charge in [0.25, 0.3) is 0 Å². The van der Waals surface area contributed by atoms with Crippen LogP contribution in [-0.4, -0.2) is 16.1 Å². The number of carboxylic acids is 1. The van der Waals surface area contributed by atoms with E-state index in [4.69, 9.17) is 0 Å². The van der Waals surface area contributed by atoms with E-state index in [1.807, 2.05) is 42.6 Å². The molecule has 3 aromatic rings. The van der Waals surface area contributed by atoms with Crippen molar-refractivity contribution in [2.45, 2.75) is 12.3 Å². The molecule has 1 aromatic heterocycles. The maximum Gasteiger partial charge on any atom is 0.335 e. The Labute approximate surface area is 128 Å². The van der Waals surface area contributed by atoms with Crippen LogP contribution in [0.2, 0.25) is 0 Å². The Hall–Kier alpha value is -2.81. The van der Waals surface area contributed by atoms with E-state index >= 15 is 0 Å². The fourth-order valence-electron chi connectivity index (χ4n) is 2.97. The van der Waals surface area contributed by atoms with Gasteiger partial charge in [-0.1, -0.05) is 42.5 Å². The Morgan fingerprint density at radius 1 is 1.14 bits per heavy atom. The van der Waals surface area contributed by atoms with Gasteiger partial charge in [-0.3, -0.25) is 0 Å². The van der Waals surface area contributed by atoms with Gasteiger partial charge in [0.1, 0.15) is 0 Å². The number of carbonyl (C=O) groups is 1. The zero-order valence-electron chi connectivity index (χ0n) is 12.1. The van der Waals surface area contributed by atoms with E-state index in [2.05, 4.69) is 17.6 Å². The Kier molecular flexibility index (Phi) is 3.79. The van der Waals surface area contributed by atoms with E-state index in [1.54, 1.807) is 12.1 Å². The predicted octanol–water partition coefficient (Wildman–Crippen LogP) is 4.57. The molecule has 110 valence electrons. The molecule has 0 aliphatic rings. The maximum absolute atomic E-state index is 11.5. The van der Waals surface area contributed by atoms with Crippen molar-refractivity contribution in [2.75, 3.05) is 0 Å². The van der Waals surface area contributed by atoms with Crippen LogP contribution in [0, 0.1) is 0 Å². The molecule has 0 radical (unpaired) electrons. The first-order chi connectivity index (χ1) is 10.7. The zero-order chi connectivity index (χ0) is 15.5. The van der Waals surface area contributed by atoms with Crippen molar-refractivity contribution in [3.8, 4) is 0 Å². The van der Waals surface area contributed by atoms with E-state index in [9.17, 15) is 9.90 Å². The first kappa shape index (κ1) is 14.1. The molecule has 1 atom stereocenters. The molecule has 2 N–H and O–H groups in total. The summed E-state index contributed by atoms with van der Waals surface area (Å²) in [6, 6.07) is 15.2. The molecule has 2 aromatic carbocycles. The number of fused-ring (bicyclic) bond motifs is 1. The van der Waals surface area contributed by atoms with Gasteiger partial charge in [-0.25, -0.2) is 4.79 Å². The third kappa shape index (κ3) is 2.42. The van der Waals surface area contributed by atoms with Crippen LogP contribution >= 0.6 is 0 Å². The monoisotopic (exact) mass is 291 g/mol. The van der Waals surface area contributed by atoms with E-state index < -0.39 is 5.97 Å². The quantitative estimate of drug-likeness (QED) is 0.676. The highest BCUT2D eigenvalue weighted by atomic mass is 16.4. The molecular weight excluding hydrogens is 274 g/mol. The molecule has 0 spiro atoms. The highest BCUT2D eigenvalue weighted by Gasteiger charge is 2.21. The summed E-state index contributed by atoms with van der Waals surface area (Å²) in [5.74, 6) is -0.926. The SMILES string of the molecule is C=CCC(c1ccccc1C(=O)O)c1c[nH]c2ccccc12. The van der Waals surface area contributed by atoms with E-state index in [1.165, 1.54) is 0 Å². The molecule has 3 heteroatoms. The molecule has 3 nitrogen and oxygen atoms in total. The van der Waals surface area contributed by atoms with E-state index in [-0.39, 0.29) is 5.92 Å². The molecule has 0 amide bonds. The normalized spacial score (nSPS) is 12.2. The second-order valence-electron chi connectivity index (χ2n) is 5.26. The lowest BCUT2D eigenvalue weighted by Gasteiger charge is -2.17. The third-order valence-electron chi connectivity index (χ3n) is 3.97. The summed E-state index contributed by atoms with van der Waals surface area (Å²) >= 11 is 0. The molecule has 0 fully saturated rings. The number of aromatic carboxylic acids is 1. The number of benzene rings is 2. The van der Waals surface area contributed by atoms with Crippen molar-refractivity contribution in [3.63, 3.8) is 0 Å². The summed E-state index contributed by atoms with van der Waals surface area (Å²) in [6.45, 7) is 3.83. The number of aromatic amines is 1. The summed E-state index contributed by atoms with van der Waals surface area (Å²) in [7, 11) is 0. The largest absolute Gasteiger partial charge is 0.478 e. The minimum Gasteiger partial charge on any atom is -0.478 e. The molecule has 0 saturated carbocycles. The van der Waals surface area contributed by atoms with Crippen molar-refractivity contribution in [1.29, 1.82) is 0 Å². The van der Waals surface area contributed by atoms with Crippen molar-refractivity contribution < 1.29 is 9.90 Å². The minimum absolute atomic E-state index is 0.0269. The molecule has 0 aliphatic carbocycles. The number of H-pyrrole nitrogens is 1. The van der Waals surface area contributed by atoms with Gasteiger partial charge in [0.05, 0.1) is 5.56 Å². The van der Waals surface area contributed by atoms with Crippen LogP contribution in [0.1, 0.15) is 33.8 Å². The van der Waals surface area contributed by atoms with Crippen LogP contribution in [0.4, 0.5) is 0 Å². The lowest BCUT2D eigenvalue weighted by Crippen LogP contribution is -2.08. The summed E-state index contributed by atoms with van der Waals surface area (Å²) in [4.78, 5) is 14.8. The number of carboxylic acid groups (broad SMARTS) is 1. The summed E-state index contributed by atoms with van der Waals surface area (Å²) in [6.07, 6.45) is 4.49. The van der Waals surface area contributed by atoms with Crippen LogP contribution in [-0.2, 0) is 0 Å². The van der Waals surface area contributed by atoms with Crippen LogP contribution in [0.3, 0.4) is 0 Å². The smallest absolute Gasteiger partial charge is 0.335 e. The Morgan fingerprint density at radius 2 is 1.86 bits per heavy atom. The fraction of sp³-hybridized carbons (Fsp3) is 0.105. The highest BCUT2D eigenvalue weighted by molar-refractivity contribution is 5.91. The van der Waals surface area contributed by atoms with Crippen LogP contribution in [0.5, 0.6) is 0 Å². The van der Waals surface area contributed by atoms with Gasteiger partial charge in [-0.15, -0.1) is 6.58 Å². The summed E-state index contributed by atoms with van der Waals surface area (Å²) in [5.41, 5.74) is 3.32. The van der Waals surface area contributed by atoms with Gasteiger partial charge in [0.2, 0.25) is 0 Å². The van der Waals surface area contributed by atoms with Gasteiger partial charge >= 0.3 is 5.97 Å². The molecule has 0 saturated heterocycles. The van der Waals surface area contributed by atoms with Crippen molar-refractivity contribution >= 4 is 16.9 Å². The van der Waals surface area contributed by atoms with Crippen LogP contribution in [0.25, 0.3) is 10.9 Å². The number of allylic oxidation sites excluding steroid dienone is 1. The van der Waals surface area contributed by atoms with Gasteiger partial charge in [0, 0.05) is 23.0 Å². The molecule has 1 heterocycles. The maximum atomic E-state index is 11.5. The average Bonchev–Trinajstić information content (AvgIpc) is 2.96. The van der Waals surface area contributed by atoms with Gasteiger partial charge in [-0.2, -0.15) is 0 Å². The Balaban J connectivity index is 2.19. The lowest BCUT2D eigenvalue weighted by atomic mass is 9.85. The van der Waals surface area contributed by atoms with Crippen molar-refractivity contribution in [1.82, 2.24) is 4.98 Å². The number of nitrogens with one attached hydrogen (secondary N) is 1. The minimum atomic E-state index is -0.899. The average molecular weight is 291 g/mol. The van der Waals surface area contributed by atoms with Crippen molar-refractivity contribution in [2.24, 2.45) is 0 Å². The first-order valence-corrected chi connectivity index (χ1v) is 7.21. The van der Waals surface area contributed by atoms with Crippen LogP contribution in [0.15, 0.2) is 67.4 Å². The zero-order valence-corrected chi connectivity index (χ0v) is 12.1. The Bertz CT molecular complexity index is 832. The number of hydrogen-bond acceptors (Lipinski definition) is 1. The fourth-order valence-corrected chi connectivity index (χ4v) is 2.97. The summed E-state index contributed by atoms with van der Waals surface area (Å²) in [5, 5.41) is 10.6. The number of aromatic nitrogens is 1. The van der Waals surface area contributed by atoms with Crippen LogP contribution < -0.4 is 0 Å². The highest BCUT2D eigenvalue weighted by Crippen LogP contribution is 2.35. The molecule has 22 heavy (non-hydrogen) atoms. The lowest BCUT2D eigenvalue weighted by molar-refractivity contribution is 0.0695. The standard InChI is InChI=1S/C19H17NO2/c1-2-7-13(14-8-3-4-10-16(14)19(21)22)17-12-20-18-11-6-5-9-15(17)18/h2-6,8-13,20H,1,7H2,(H,21,22). The molecule has 3 rings (SSSR count). The third-order valence-corrected chi connectivity index (χ3v) is 3.97. The topological polar surface area (TPSA) is 53.1 Å². The molecule has 0 aliphatic heterocycles. The van der Waals surface area contributed by atoms with Gasteiger partial charge in [-0.05, 0) is 29.7 Å². The molecular formula is C19H17NO2. The number of rotatable bonds is 5. The summed E-state index contributed by atoms with van der Waals surface area (Å²) < 4.78 is 0. The predicted molar refractivity (Wildman–Crippen MR) is 88.4 cm³/mol. The Morgan fingerprint density at radius 3 is 2.64 bits per heavy atom. The second kappa shape index (κ2) is 5.90. The number of hydrogen-bond donors (Lipinski definition) is 2. The first-order valence-electron chi connectivity index (χ1n) is 7.21. The van der Waals surface area contributed by atoms with Gasteiger partial charge < -0.3 is 10.1 Å². The second-order valence-corrected chi connectivity index (χ2v) is 5.26. The number of para-hydroxylation sites is 1.